The lowest BCUT2D eigenvalue weighted by atomic mass is 10.1. The second-order valence-electron chi connectivity index (χ2n) is 5.52. The van der Waals surface area contributed by atoms with Gasteiger partial charge in [0.15, 0.2) is 0 Å². The standard InChI is InChI=1S/C15H20N2O2S2/c1-11-6-4-5-9-17(11)21(18,19)15-12-7-2-3-8-13(12)20-14(15)10-16/h2-3,7-8,11H,4-6,9-10,16H2,1H3. The second-order valence-corrected chi connectivity index (χ2v) is 8.48. The van der Waals surface area contributed by atoms with Gasteiger partial charge in [-0.25, -0.2) is 8.42 Å². The van der Waals surface area contributed by atoms with E-state index in [2.05, 4.69) is 0 Å². The minimum Gasteiger partial charge on any atom is -0.326 e. The zero-order chi connectivity index (χ0) is 15.0. The van der Waals surface area contributed by atoms with Gasteiger partial charge in [0, 0.05) is 34.1 Å². The van der Waals surface area contributed by atoms with Crippen molar-refractivity contribution in [1.29, 1.82) is 0 Å². The number of benzene rings is 1. The van der Waals surface area contributed by atoms with E-state index in [4.69, 9.17) is 5.73 Å². The quantitative estimate of drug-likeness (QED) is 0.944. The van der Waals surface area contributed by atoms with Gasteiger partial charge in [0.05, 0.1) is 0 Å². The molecule has 3 rings (SSSR count). The highest BCUT2D eigenvalue weighted by Crippen LogP contribution is 2.37. The third kappa shape index (κ3) is 2.50. The van der Waals surface area contributed by atoms with Crippen LogP contribution < -0.4 is 5.73 Å². The highest BCUT2D eigenvalue weighted by molar-refractivity contribution is 7.89. The SMILES string of the molecule is CC1CCCCN1S(=O)(=O)c1c(CN)sc2ccccc12. The van der Waals surface area contributed by atoms with E-state index in [-0.39, 0.29) is 12.6 Å². The average molecular weight is 324 g/mol. The van der Waals surface area contributed by atoms with Crippen LogP contribution in [0.25, 0.3) is 10.1 Å². The maximum absolute atomic E-state index is 13.1. The van der Waals surface area contributed by atoms with Crippen LogP contribution in [0.2, 0.25) is 0 Å². The molecule has 1 aliphatic heterocycles. The molecule has 21 heavy (non-hydrogen) atoms. The molecule has 1 atom stereocenters. The van der Waals surface area contributed by atoms with Gasteiger partial charge >= 0.3 is 0 Å². The number of nitrogens with two attached hydrogens (primary N) is 1. The summed E-state index contributed by atoms with van der Waals surface area (Å²) in [6.07, 6.45) is 2.96. The molecule has 0 bridgehead atoms. The number of thiophene rings is 1. The van der Waals surface area contributed by atoms with Crippen molar-refractivity contribution in [3.8, 4) is 0 Å². The van der Waals surface area contributed by atoms with Crippen LogP contribution in [-0.4, -0.2) is 25.3 Å². The zero-order valence-corrected chi connectivity index (χ0v) is 13.7. The minimum absolute atomic E-state index is 0.0630. The van der Waals surface area contributed by atoms with E-state index in [1.807, 2.05) is 31.2 Å². The van der Waals surface area contributed by atoms with E-state index >= 15 is 0 Å². The molecule has 1 aromatic carbocycles. The van der Waals surface area contributed by atoms with E-state index in [0.717, 1.165) is 34.2 Å². The highest BCUT2D eigenvalue weighted by atomic mass is 32.2. The average Bonchev–Trinajstić information content (AvgIpc) is 2.86. The number of hydrogen-bond donors (Lipinski definition) is 1. The molecule has 114 valence electrons. The predicted molar refractivity (Wildman–Crippen MR) is 86.9 cm³/mol. The lowest BCUT2D eigenvalue weighted by molar-refractivity contribution is 0.269. The second kappa shape index (κ2) is 5.68. The van der Waals surface area contributed by atoms with Gasteiger partial charge in [0.1, 0.15) is 4.90 Å². The van der Waals surface area contributed by atoms with E-state index in [1.165, 1.54) is 11.3 Å². The van der Waals surface area contributed by atoms with Crippen LogP contribution in [0.15, 0.2) is 29.2 Å². The third-order valence-corrected chi connectivity index (χ3v) is 7.58. The molecule has 0 amide bonds. The Balaban J connectivity index is 2.18. The summed E-state index contributed by atoms with van der Waals surface area (Å²) in [5.74, 6) is 0. The molecule has 4 nitrogen and oxygen atoms in total. The van der Waals surface area contributed by atoms with Gasteiger partial charge in [0.2, 0.25) is 10.0 Å². The van der Waals surface area contributed by atoms with Crippen LogP contribution in [0.3, 0.4) is 0 Å². The van der Waals surface area contributed by atoms with Gasteiger partial charge in [-0.15, -0.1) is 11.3 Å². The summed E-state index contributed by atoms with van der Waals surface area (Å²) in [6, 6.07) is 7.71. The summed E-state index contributed by atoms with van der Waals surface area (Å²) >= 11 is 1.49. The van der Waals surface area contributed by atoms with E-state index < -0.39 is 10.0 Å². The molecule has 0 aliphatic carbocycles. The molecule has 1 aliphatic rings. The normalized spacial score (nSPS) is 21.0. The topological polar surface area (TPSA) is 63.4 Å². The number of fused-ring (bicyclic) bond motifs is 1. The molecule has 0 saturated carbocycles. The Morgan fingerprint density at radius 2 is 2.10 bits per heavy atom. The molecule has 1 fully saturated rings. The minimum atomic E-state index is -3.47. The first-order chi connectivity index (χ1) is 10.1. The number of sulfonamides is 1. The van der Waals surface area contributed by atoms with Crippen molar-refractivity contribution in [3.05, 3.63) is 29.1 Å². The summed E-state index contributed by atoms with van der Waals surface area (Å²) in [6.45, 7) is 2.86. The summed E-state index contributed by atoms with van der Waals surface area (Å²) in [5, 5.41) is 0.806. The fourth-order valence-corrected chi connectivity index (χ4v) is 6.53. The maximum Gasteiger partial charge on any atom is 0.245 e. The Morgan fingerprint density at radius 1 is 1.33 bits per heavy atom. The van der Waals surface area contributed by atoms with Crippen LogP contribution in [0.4, 0.5) is 0 Å². The molecule has 2 aromatic rings. The molecule has 0 spiro atoms. The van der Waals surface area contributed by atoms with Gasteiger partial charge < -0.3 is 5.73 Å². The van der Waals surface area contributed by atoms with Crippen molar-refractivity contribution in [3.63, 3.8) is 0 Å². The molecule has 6 heteroatoms. The summed E-state index contributed by atoms with van der Waals surface area (Å²) in [5.41, 5.74) is 5.80. The fourth-order valence-electron chi connectivity index (χ4n) is 3.04. The van der Waals surface area contributed by atoms with Crippen molar-refractivity contribution in [2.45, 2.75) is 43.7 Å². The van der Waals surface area contributed by atoms with Crippen molar-refractivity contribution in [1.82, 2.24) is 4.31 Å². The lowest BCUT2D eigenvalue weighted by Gasteiger charge is -2.32. The molecule has 2 heterocycles. The molecule has 1 aromatic heterocycles. The summed E-state index contributed by atoms with van der Waals surface area (Å²) in [4.78, 5) is 1.19. The highest BCUT2D eigenvalue weighted by Gasteiger charge is 2.34. The van der Waals surface area contributed by atoms with Gasteiger partial charge in [-0.3, -0.25) is 0 Å². The van der Waals surface area contributed by atoms with Crippen molar-refractivity contribution < 1.29 is 8.42 Å². The monoisotopic (exact) mass is 324 g/mol. The number of piperidine rings is 1. The smallest absolute Gasteiger partial charge is 0.245 e. The molecule has 2 N–H and O–H groups in total. The largest absolute Gasteiger partial charge is 0.326 e. The molecule has 1 saturated heterocycles. The number of nitrogens with zero attached hydrogens (tertiary/aromatic N) is 1. The zero-order valence-electron chi connectivity index (χ0n) is 12.1. The number of hydrogen-bond acceptors (Lipinski definition) is 4. The fraction of sp³-hybridized carbons (Fsp3) is 0.467. The summed E-state index contributed by atoms with van der Waals surface area (Å²) < 4.78 is 28.9. The third-order valence-electron chi connectivity index (χ3n) is 4.11. The van der Waals surface area contributed by atoms with Gasteiger partial charge in [0.25, 0.3) is 0 Å². The van der Waals surface area contributed by atoms with E-state index in [1.54, 1.807) is 4.31 Å². The molecule has 0 radical (unpaired) electrons. The Morgan fingerprint density at radius 3 is 2.81 bits per heavy atom. The summed E-state index contributed by atoms with van der Waals surface area (Å²) in [7, 11) is -3.47. The van der Waals surface area contributed by atoms with Crippen LogP contribution >= 0.6 is 11.3 Å². The van der Waals surface area contributed by atoms with E-state index in [9.17, 15) is 8.42 Å². The van der Waals surface area contributed by atoms with Gasteiger partial charge in [-0.05, 0) is 25.8 Å². The van der Waals surface area contributed by atoms with Crippen molar-refractivity contribution in [2.24, 2.45) is 5.73 Å². The van der Waals surface area contributed by atoms with E-state index in [0.29, 0.717) is 11.4 Å². The first-order valence-corrected chi connectivity index (χ1v) is 9.53. The molecular weight excluding hydrogens is 304 g/mol. The lowest BCUT2D eigenvalue weighted by Crippen LogP contribution is -2.42. The Kier molecular flexibility index (Phi) is 4.05. The van der Waals surface area contributed by atoms with Crippen LogP contribution in [-0.2, 0) is 16.6 Å². The van der Waals surface area contributed by atoms with Crippen molar-refractivity contribution >= 4 is 31.4 Å². The van der Waals surface area contributed by atoms with Crippen LogP contribution in [0.1, 0.15) is 31.1 Å². The molecule has 1 unspecified atom stereocenters. The van der Waals surface area contributed by atoms with Gasteiger partial charge in [-0.1, -0.05) is 24.6 Å². The van der Waals surface area contributed by atoms with Crippen molar-refractivity contribution in [2.75, 3.05) is 6.54 Å². The maximum atomic E-state index is 13.1. The first-order valence-electron chi connectivity index (χ1n) is 7.28. The first kappa shape index (κ1) is 15.0. The molecular formula is C15H20N2O2S2. The number of rotatable bonds is 3. The van der Waals surface area contributed by atoms with Crippen LogP contribution in [0.5, 0.6) is 0 Å². The predicted octanol–water partition coefficient (Wildman–Crippen LogP) is 2.92. The Hall–Kier alpha value is -0.950. The Bertz CT molecular complexity index is 752. The van der Waals surface area contributed by atoms with Crippen LogP contribution in [0, 0.1) is 0 Å². The Labute approximate surface area is 129 Å². The van der Waals surface area contributed by atoms with Gasteiger partial charge in [-0.2, -0.15) is 4.31 Å².